The molecule has 1 aromatic rings. The molecule has 0 radical (unpaired) electrons. The van der Waals surface area contributed by atoms with E-state index in [9.17, 15) is 4.39 Å². The van der Waals surface area contributed by atoms with Crippen LogP contribution in [0.1, 0.15) is 37.3 Å². The summed E-state index contributed by atoms with van der Waals surface area (Å²) in [6, 6.07) is 5.20. The molecule has 0 aliphatic heterocycles. The van der Waals surface area contributed by atoms with Crippen molar-refractivity contribution < 1.29 is 4.39 Å². The van der Waals surface area contributed by atoms with Crippen LogP contribution in [-0.4, -0.2) is 13.1 Å². The second-order valence-corrected chi connectivity index (χ2v) is 5.77. The molecule has 0 saturated carbocycles. The second kappa shape index (κ2) is 7.17. The fourth-order valence-corrected chi connectivity index (χ4v) is 2.68. The Morgan fingerprint density at radius 2 is 2.26 bits per heavy atom. The van der Waals surface area contributed by atoms with E-state index in [2.05, 4.69) is 27.3 Å². The Labute approximate surface area is 122 Å². The number of nitrogens with one attached hydrogen (secondary N) is 1. The van der Waals surface area contributed by atoms with Gasteiger partial charge in [-0.3, -0.25) is 0 Å². The van der Waals surface area contributed by atoms with Crippen LogP contribution in [0.2, 0.25) is 0 Å². The summed E-state index contributed by atoms with van der Waals surface area (Å²) < 4.78 is 14.0. The van der Waals surface area contributed by atoms with Gasteiger partial charge in [-0.2, -0.15) is 0 Å². The molecule has 2 rings (SSSR count). The second-order valence-electron chi connectivity index (χ2n) is 4.92. The Bertz CT molecular complexity index is 459. The van der Waals surface area contributed by atoms with Crippen LogP contribution in [0.5, 0.6) is 0 Å². The molecule has 0 spiro atoms. The highest BCUT2D eigenvalue weighted by Crippen LogP contribution is 2.22. The van der Waals surface area contributed by atoms with E-state index < -0.39 is 0 Å². The standard InChI is InChI=1S/C15H20BrFN2/c16-13-6-5-12(9-14(13)17)15(10-18)19-8-7-11-3-1-2-4-11/h3,5-6,9,15,19H,1-2,4,7-8,10,18H2. The van der Waals surface area contributed by atoms with Crippen molar-refractivity contribution in [2.75, 3.05) is 13.1 Å². The van der Waals surface area contributed by atoms with Crippen molar-refractivity contribution >= 4 is 15.9 Å². The summed E-state index contributed by atoms with van der Waals surface area (Å²) in [6.07, 6.45) is 7.12. The molecule has 1 unspecified atom stereocenters. The lowest BCUT2D eigenvalue weighted by molar-refractivity contribution is 0.535. The first kappa shape index (κ1) is 14.7. The number of nitrogens with two attached hydrogens (primary N) is 1. The lowest BCUT2D eigenvalue weighted by Gasteiger charge is -2.18. The summed E-state index contributed by atoms with van der Waals surface area (Å²) in [5.41, 5.74) is 8.21. The summed E-state index contributed by atoms with van der Waals surface area (Å²) in [5, 5.41) is 3.41. The molecule has 1 aromatic carbocycles. The molecule has 0 heterocycles. The van der Waals surface area contributed by atoms with Crippen molar-refractivity contribution in [1.82, 2.24) is 5.32 Å². The molecule has 1 aliphatic rings. The minimum atomic E-state index is -0.240. The number of allylic oxidation sites excluding steroid dienone is 1. The van der Waals surface area contributed by atoms with Crippen LogP contribution in [-0.2, 0) is 0 Å². The molecule has 0 saturated heterocycles. The number of benzene rings is 1. The highest BCUT2D eigenvalue weighted by molar-refractivity contribution is 9.10. The average molecular weight is 327 g/mol. The minimum absolute atomic E-state index is 0.0182. The Morgan fingerprint density at radius 3 is 2.89 bits per heavy atom. The van der Waals surface area contributed by atoms with Crippen LogP contribution in [0.25, 0.3) is 0 Å². The van der Waals surface area contributed by atoms with Gasteiger partial charge in [0, 0.05) is 12.6 Å². The van der Waals surface area contributed by atoms with E-state index in [1.54, 1.807) is 12.1 Å². The molecule has 0 aromatic heterocycles. The number of halogens is 2. The minimum Gasteiger partial charge on any atom is -0.329 e. The van der Waals surface area contributed by atoms with Crippen molar-refractivity contribution in [3.63, 3.8) is 0 Å². The third-order valence-corrected chi connectivity index (χ3v) is 4.20. The van der Waals surface area contributed by atoms with Gasteiger partial charge in [0.25, 0.3) is 0 Å². The molecule has 0 bridgehead atoms. The van der Waals surface area contributed by atoms with E-state index in [4.69, 9.17) is 5.73 Å². The first-order valence-electron chi connectivity index (χ1n) is 6.77. The van der Waals surface area contributed by atoms with Crippen LogP contribution in [0, 0.1) is 5.82 Å². The van der Waals surface area contributed by atoms with Crippen LogP contribution < -0.4 is 11.1 Å². The fraction of sp³-hybridized carbons (Fsp3) is 0.467. The smallest absolute Gasteiger partial charge is 0.137 e. The summed E-state index contributed by atoms with van der Waals surface area (Å²) >= 11 is 3.16. The van der Waals surface area contributed by atoms with Gasteiger partial charge in [-0.1, -0.05) is 17.7 Å². The van der Waals surface area contributed by atoms with E-state index in [0.717, 1.165) is 18.5 Å². The zero-order chi connectivity index (χ0) is 13.7. The quantitative estimate of drug-likeness (QED) is 0.782. The molecular formula is C15H20BrFN2. The zero-order valence-electron chi connectivity index (χ0n) is 11.0. The molecule has 1 aliphatic carbocycles. The van der Waals surface area contributed by atoms with Crippen LogP contribution >= 0.6 is 15.9 Å². The Balaban J connectivity index is 1.89. The Hall–Kier alpha value is -0.710. The molecule has 104 valence electrons. The first-order valence-corrected chi connectivity index (χ1v) is 7.56. The van der Waals surface area contributed by atoms with Gasteiger partial charge in [-0.05, 0) is 65.9 Å². The van der Waals surface area contributed by atoms with Gasteiger partial charge in [-0.15, -0.1) is 0 Å². The maximum atomic E-state index is 13.5. The molecule has 0 fully saturated rings. The monoisotopic (exact) mass is 326 g/mol. The van der Waals surface area contributed by atoms with Crippen molar-refractivity contribution in [3.8, 4) is 0 Å². The highest BCUT2D eigenvalue weighted by atomic mass is 79.9. The lowest BCUT2D eigenvalue weighted by atomic mass is 10.1. The lowest BCUT2D eigenvalue weighted by Crippen LogP contribution is -2.29. The predicted octanol–water partition coefficient (Wildman–Crippen LogP) is 3.68. The summed E-state index contributed by atoms with van der Waals surface area (Å²) in [7, 11) is 0. The largest absolute Gasteiger partial charge is 0.329 e. The maximum absolute atomic E-state index is 13.5. The summed E-state index contributed by atoms with van der Waals surface area (Å²) in [5.74, 6) is -0.240. The van der Waals surface area contributed by atoms with Gasteiger partial charge in [0.15, 0.2) is 0 Å². The molecule has 0 amide bonds. The van der Waals surface area contributed by atoms with E-state index in [1.807, 2.05) is 6.07 Å². The van der Waals surface area contributed by atoms with Crippen molar-refractivity contribution in [1.29, 1.82) is 0 Å². The van der Waals surface area contributed by atoms with Crippen LogP contribution in [0.15, 0.2) is 34.3 Å². The van der Waals surface area contributed by atoms with E-state index in [1.165, 1.54) is 24.8 Å². The fourth-order valence-electron chi connectivity index (χ4n) is 2.44. The van der Waals surface area contributed by atoms with Gasteiger partial charge in [0.1, 0.15) is 5.82 Å². The molecule has 1 atom stereocenters. The highest BCUT2D eigenvalue weighted by Gasteiger charge is 2.12. The molecule has 4 heteroatoms. The van der Waals surface area contributed by atoms with Crippen LogP contribution in [0.3, 0.4) is 0 Å². The van der Waals surface area contributed by atoms with Gasteiger partial charge in [-0.25, -0.2) is 4.39 Å². The Kier molecular flexibility index (Phi) is 5.55. The van der Waals surface area contributed by atoms with E-state index >= 15 is 0 Å². The van der Waals surface area contributed by atoms with Gasteiger partial charge >= 0.3 is 0 Å². The van der Waals surface area contributed by atoms with Gasteiger partial charge < -0.3 is 11.1 Å². The third-order valence-electron chi connectivity index (χ3n) is 3.55. The summed E-state index contributed by atoms with van der Waals surface area (Å²) in [6.45, 7) is 1.37. The van der Waals surface area contributed by atoms with Crippen molar-refractivity contribution in [2.45, 2.75) is 31.7 Å². The number of hydrogen-bond donors (Lipinski definition) is 2. The van der Waals surface area contributed by atoms with Crippen LogP contribution in [0.4, 0.5) is 4.39 Å². The molecular weight excluding hydrogens is 307 g/mol. The zero-order valence-corrected chi connectivity index (χ0v) is 12.5. The molecule has 2 nitrogen and oxygen atoms in total. The Morgan fingerprint density at radius 1 is 1.42 bits per heavy atom. The van der Waals surface area contributed by atoms with Gasteiger partial charge in [0.2, 0.25) is 0 Å². The topological polar surface area (TPSA) is 38.0 Å². The normalized spacial score (nSPS) is 16.5. The number of hydrogen-bond acceptors (Lipinski definition) is 2. The predicted molar refractivity (Wildman–Crippen MR) is 80.4 cm³/mol. The van der Waals surface area contributed by atoms with E-state index in [0.29, 0.717) is 11.0 Å². The maximum Gasteiger partial charge on any atom is 0.137 e. The van der Waals surface area contributed by atoms with Crippen molar-refractivity contribution in [2.24, 2.45) is 5.73 Å². The number of rotatable bonds is 6. The van der Waals surface area contributed by atoms with Crippen molar-refractivity contribution in [3.05, 3.63) is 45.7 Å². The summed E-state index contributed by atoms with van der Waals surface area (Å²) in [4.78, 5) is 0. The molecule has 3 N–H and O–H groups in total. The molecule has 19 heavy (non-hydrogen) atoms. The SMILES string of the molecule is NCC(NCCC1=CCCC1)c1ccc(Br)c(F)c1. The first-order chi connectivity index (χ1) is 9.20. The third kappa shape index (κ3) is 4.13. The van der Waals surface area contributed by atoms with Gasteiger partial charge in [0.05, 0.1) is 4.47 Å². The van der Waals surface area contributed by atoms with E-state index in [-0.39, 0.29) is 11.9 Å². The average Bonchev–Trinajstić information content (AvgIpc) is 2.91.